The van der Waals surface area contributed by atoms with E-state index in [1.807, 2.05) is 0 Å². The second kappa shape index (κ2) is 4.22. The highest BCUT2D eigenvalue weighted by atomic mass is 35.5. The third-order valence-corrected chi connectivity index (χ3v) is 1.68. The summed E-state index contributed by atoms with van der Waals surface area (Å²) in [5, 5.41) is -0.515. The Kier molecular flexibility index (Phi) is 3.24. The summed E-state index contributed by atoms with van der Waals surface area (Å²) >= 11 is 5.26. The number of halogens is 3. The summed E-state index contributed by atoms with van der Waals surface area (Å²) in [7, 11) is 0. The summed E-state index contributed by atoms with van der Waals surface area (Å²) in [6.45, 7) is 0.145. The minimum Gasteiger partial charge on any atom is -0.320 e. The number of rotatable bonds is 0. The van der Waals surface area contributed by atoms with E-state index in [9.17, 15) is 8.78 Å². The normalized spacial score (nSPS) is 9.23. The molecule has 4 heteroatoms. The molecule has 1 rings (SSSR count). The van der Waals surface area contributed by atoms with E-state index in [-0.39, 0.29) is 12.1 Å². The van der Waals surface area contributed by atoms with Gasteiger partial charge in [-0.2, -0.15) is 0 Å². The molecule has 1 nitrogen and oxygen atoms in total. The zero-order valence-electron chi connectivity index (χ0n) is 6.57. The van der Waals surface area contributed by atoms with Gasteiger partial charge in [-0.15, -0.1) is 0 Å². The van der Waals surface area contributed by atoms with Crippen molar-refractivity contribution in [3.05, 3.63) is 34.4 Å². The van der Waals surface area contributed by atoms with Crippen molar-refractivity contribution in [2.75, 3.05) is 6.54 Å². The van der Waals surface area contributed by atoms with Gasteiger partial charge in [0.15, 0.2) is 0 Å². The molecule has 0 amide bonds. The monoisotopic (exact) mass is 201 g/mol. The number of benzene rings is 1. The Hall–Kier alpha value is -1.11. The molecule has 0 unspecified atom stereocenters. The van der Waals surface area contributed by atoms with E-state index < -0.39 is 16.7 Å². The number of hydrogen-bond acceptors (Lipinski definition) is 1. The molecule has 0 fully saturated rings. The van der Waals surface area contributed by atoms with Crippen LogP contribution >= 0.6 is 11.6 Å². The first kappa shape index (κ1) is 9.97. The van der Waals surface area contributed by atoms with Gasteiger partial charge in [-0.1, -0.05) is 23.4 Å². The SMILES string of the molecule is NCC#Cc1cc(F)c(Cl)c(F)c1. The molecule has 0 bridgehead atoms. The first-order valence-corrected chi connectivity index (χ1v) is 3.86. The van der Waals surface area contributed by atoms with Crippen LogP contribution in [0.25, 0.3) is 0 Å². The van der Waals surface area contributed by atoms with Gasteiger partial charge in [-0.3, -0.25) is 0 Å². The minimum absolute atomic E-state index is 0.145. The van der Waals surface area contributed by atoms with E-state index in [0.717, 1.165) is 12.1 Å². The van der Waals surface area contributed by atoms with Crippen LogP contribution in [0, 0.1) is 23.5 Å². The molecule has 1 aromatic carbocycles. The first-order valence-electron chi connectivity index (χ1n) is 3.48. The summed E-state index contributed by atoms with van der Waals surface area (Å²) < 4.78 is 25.6. The molecule has 2 N–H and O–H groups in total. The molecule has 0 aliphatic heterocycles. The van der Waals surface area contributed by atoms with Crippen LogP contribution in [-0.4, -0.2) is 6.54 Å². The van der Waals surface area contributed by atoms with Crippen LogP contribution in [0.4, 0.5) is 8.78 Å². The van der Waals surface area contributed by atoms with E-state index in [4.69, 9.17) is 17.3 Å². The fraction of sp³-hybridized carbons (Fsp3) is 0.111. The van der Waals surface area contributed by atoms with Gasteiger partial charge in [-0.25, -0.2) is 8.78 Å². The van der Waals surface area contributed by atoms with Gasteiger partial charge in [-0.05, 0) is 12.1 Å². The van der Waals surface area contributed by atoms with Crippen LogP contribution in [0.2, 0.25) is 5.02 Å². The molecule has 0 spiro atoms. The predicted molar refractivity (Wildman–Crippen MR) is 47.3 cm³/mol. The minimum atomic E-state index is -0.817. The molecule has 0 radical (unpaired) electrons. The summed E-state index contributed by atoms with van der Waals surface area (Å²) in [6, 6.07) is 2.13. The molecule has 13 heavy (non-hydrogen) atoms. The Bertz CT molecular complexity index is 356. The van der Waals surface area contributed by atoms with Crippen molar-refractivity contribution in [2.24, 2.45) is 5.73 Å². The van der Waals surface area contributed by atoms with E-state index in [1.165, 1.54) is 0 Å². The highest BCUT2D eigenvalue weighted by Gasteiger charge is 2.06. The second-order valence-corrected chi connectivity index (χ2v) is 2.64. The molecule has 0 aromatic heterocycles. The van der Waals surface area contributed by atoms with E-state index >= 15 is 0 Å². The lowest BCUT2D eigenvalue weighted by Crippen LogP contribution is -1.93. The fourth-order valence-corrected chi connectivity index (χ4v) is 0.890. The first-order chi connectivity index (χ1) is 6.15. The maximum absolute atomic E-state index is 12.8. The average molecular weight is 202 g/mol. The lowest BCUT2D eigenvalue weighted by molar-refractivity contribution is 0.583. The molecular formula is C9H6ClF2N. The van der Waals surface area contributed by atoms with Gasteiger partial charge >= 0.3 is 0 Å². The van der Waals surface area contributed by atoms with Crippen molar-refractivity contribution < 1.29 is 8.78 Å². The lowest BCUT2D eigenvalue weighted by atomic mass is 10.2. The Morgan fingerprint density at radius 2 is 1.85 bits per heavy atom. The van der Waals surface area contributed by atoms with Crippen molar-refractivity contribution in [1.82, 2.24) is 0 Å². The predicted octanol–water partition coefficient (Wildman–Crippen LogP) is 1.93. The quantitative estimate of drug-likeness (QED) is 0.504. The van der Waals surface area contributed by atoms with Gasteiger partial charge < -0.3 is 5.73 Å². The summed E-state index contributed by atoms with van der Waals surface area (Å²) in [5.74, 6) is 3.35. The fourth-order valence-electron chi connectivity index (χ4n) is 0.781. The summed E-state index contributed by atoms with van der Waals surface area (Å²) in [5.41, 5.74) is 5.32. The van der Waals surface area contributed by atoms with Crippen molar-refractivity contribution in [3.8, 4) is 11.8 Å². The second-order valence-electron chi connectivity index (χ2n) is 2.26. The molecule has 1 aromatic rings. The molecule has 0 aliphatic rings. The van der Waals surface area contributed by atoms with Crippen molar-refractivity contribution in [1.29, 1.82) is 0 Å². The topological polar surface area (TPSA) is 26.0 Å². The summed E-state index contributed by atoms with van der Waals surface area (Å²) in [4.78, 5) is 0. The Labute approximate surface area is 79.5 Å². The van der Waals surface area contributed by atoms with Gasteiger partial charge in [0.2, 0.25) is 0 Å². The largest absolute Gasteiger partial charge is 0.320 e. The van der Waals surface area contributed by atoms with Crippen molar-refractivity contribution >= 4 is 11.6 Å². The molecule has 0 saturated carbocycles. The van der Waals surface area contributed by atoms with Crippen molar-refractivity contribution in [3.63, 3.8) is 0 Å². The van der Waals surface area contributed by atoms with Gasteiger partial charge in [0.25, 0.3) is 0 Å². The third kappa shape index (κ3) is 2.41. The number of nitrogens with two attached hydrogens (primary N) is 1. The van der Waals surface area contributed by atoms with Crippen molar-refractivity contribution in [2.45, 2.75) is 0 Å². The van der Waals surface area contributed by atoms with Gasteiger partial charge in [0.05, 0.1) is 6.54 Å². The van der Waals surface area contributed by atoms with Crippen LogP contribution in [-0.2, 0) is 0 Å². The van der Waals surface area contributed by atoms with Crippen LogP contribution in [0.1, 0.15) is 5.56 Å². The Morgan fingerprint density at radius 1 is 1.31 bits per heavy atom. The Balaban J connectivity index is 3.13. The standard InChI is InChI=1S/C9H6ClF2N/c10-9-7(11)4-6(2-1-3-13)5-8(9)12/h4-5H,3,13H2. The molecule has 68 valence electrons. The van der Waals surface area contributed by atoms with Gasteiger partial charge in [0.1, 0.15) is 16.7 Å². The maximum Gasteiger partial charge on any atom is 0.146 e. The number of hydrogen-bond donors (Lipinski definition) is 1. The zero-order valence-corrected chi connectivity index (χ0v) is 7.33. The molecular weight excluding hydrogens is 196 g/mol. The molecule has 0 aliphatic carbocycles. The smallest absolute Gasteiger partial charge is 0.146 e. The van der Waals surface area contributed by atoms with Crippen LogP contribution < -0.4 is 5.73 Å². The lowest BCUT2D eigenvalue weighted by Gasteiger charge is -1.96. The van der Waals surface area contributed by atoms with E-state index in [2.05, 4.69) is 11.8 Å². The zero-order chi connectivity index (χ0) is 9.84. The summed E-state index contributed by atoms with van der Waals surface area (Å²) in [6.07, 6.45) is 0. The van der Waals surface area contributed by atoms with Crippen LogP contribution in [0.15, 0.2) is 12.1 Å². The van der Waals surface area contributed by atoms with Crippen LogP contribution in [0.5, 0.6) is 0 Å². The van der Waals surface area contributed by atoms with Gasteiger partial charge in [0, 0.05) is 5.56 Å². The average Bonchev–Trinajstić information content (AvgIpc) is 2.10. The molecule has 0 saturated heterocycles. The molecule has 0 atom stereocenters. The highest BCUT2D eigenvalue weighted by Crippen LogP contribution is 2.19. The maximum atomic E-state index is 12.8. The Morgan fingerprint density at radius 3 is 2.31 bits per heavy atom. The highest BCUT2D eigenvalue weighted by molar-refractivity contribution is 6.30. The molecule has 0 heterocycles. The third-order valence-electron chi connectivity index (χ3n) is 1.32. The van der Waals surface area contributed by atoms with E-state index in [1.54, 1.807) is 0 Å². The van der Waals surface area contributed by atoms with Crippen LogP contribution in [0.3, 0.4) is 0 Å². The van der Waals surface area contributed by atoms with E-state index in [0.29, 0.717) is 0 Å².